The number of rotatable bonds is 9. The Labute approximate surface area is 189 Å². The highest BCUT2D eigenvalue weighted by Crippen LogP contribution is 2.10. The Morgan fingerprint density at radius 2 is 1.77 bits per heavy atom. The van der Waals surface area contributed by atoms with E-state index in [-0.39, 0.29) is 30.7 Å². The molecular formula is C22H28Cl2N4O2. The number of hydrogen-bond donors (Lipinski definition) is 2. The summed E-state index contributed by atoms with van der Waals surface area (Å²) in [5.74, 6) is -0.190. The van der Waals surface area contributed by atoms with E-state index in [9.17, 15) is 4.79 Å². The smallest absolute Gasteiger partial charge is 0.237 e. The standard InChI is InChI=1S/C22H26N4O2.2ClH/c1-28-15-19-10-6-5-9-18(19)12-24-22(27)21(23)11-20-14-26(16-25-20)13-17-7-3-2-4-8-17;;/h2-10,14,16,21H,11-13,15,23H2,1H3,(H,24,27);2*1H/t21-;;/m0../s1. The van der Waals surface area contributed by atoms with E-state index in [1.54, 1.807) is 13.4 Å². The SMILES string of the molecule is COCc1ccccc1CNC(=O)[C@@H](N)Cc1cn(Cc2ccccc2)cn1.Cl.Cl. The van der Waals surface area contributed by atoms with Gasteiger partial charge < -0.3 is 20.4 Å². The third kappa shape index (κ3) is 7.46. The first-order valence-corrected chi connectivity index (χ1v) is 9.29. The highest BCUT2D eigenvalue weighted by atomic mass is 35.5. The Balaban J connectivity index is 0.00000225. The first kappa shape index (κ1) is 25.7. The zero-order chi connectivity index (χ0) is 19.8. The normalized spacial score (nSPS) is 11.1. The van der Waals surface area contributed by atoms with E-state index in [0.717, 1.165) is 23.4 Å². The van der Waals surface area contributed by atoms with Crippen molar-refractivity contribution >= 4 is 30.7 Å². The number of methoxy groups -OCH3 is 1. The first-order valence-electron chi connectivity index (χ1n) is 9.29. The number of carbonyl (C=O) groups excluding carboxylic acids is 1. The lowest BCUT2D eigenvalue weighted by atomic mass is 10.1. The molecule has 0 saturated carbocycles. The predicted molar refractivity (Wildman–Crippen MR) is 123 cm³/mol. The van der Waals surface area contributed by atoms with Crippen LogP contribution in [0.4, 0.5) is 0 Å². The summed E-state index contributed by atoms with van der Waals surface area (Å²) in [5.41, 5.74) is 10.2. The van der Waals surface area contributed by atoms with E-state index in [0.29, 0.717) is 19.6 Å². The van der Waals surface area contributed by atoms with Gasteiger partial charge in [-0.1, -0.05) is 54.6 Å². The molecule has 0 fully saturated rings. The minimum atomic E-state index is -0.644. The molecule has 3 N–H and O–H groups in total. The van der Waals surface area contributed by atoms with Crippen LogP contribution in [-0.4, -0.2) is 28.6 Å². The van der Waals surface area contributed by atoms with E-state index in [4.69, 9.17) is 10.5 Å². The molecule has 8 heteroatoms. The lowest BCUT2D eigenvalue weighted by molar-refractivity contribution is -0.122. The number of amides is 1. The largest absolute Gasteiger partial charge is 0.380 e. The van der Waals surface area contributed by atoms with Gasteiger partial charge in [0, 0.05) is 32.8 Å². The van der Waals surface area contributed by atoms with Crippen molar-refractivity contribution in [3.63, 3.8) is 0 Å². The molecule has 0 aliphatic rings. The van der Waals surface area contributed by atoms with Crippen molar-refractivity contribution in [3.8, 4) is 0 Å². The molecule has 30 heavy (non-hydrogen) atoms. The Morgan fingerprint density at radius 1 is 1.10 bits per heavy atom. The highest BCUT2D eigenvalue weighted by molar-refractivity contribution is 5.85. The van der Waals surface area contributed by atoms with Crippen LogP contribution in [0.1, 0.15) is 22.4 Å². The topological polar surface area (TPSA) is 82.2 Å². The van der Waals surface area contributed by atoms with E-state index in [2.05, 4.69) is 22.4 Å². The van der Waals surface area contributed by atoms with Crippen molar-refractivity contribution in [2.24, 2.45) is 5.73 Å². The van der Waals surface area contributed by atoms with Gasteiger partial charge in [0.2, 0.25) is 5.91 Å². The summed E-state index contributed by atoms with van der Waals surface area (Å²) >= 11 is 0. The lowest BCUT2D eigenvalue weighted by Crippen LogP contribution is -2.41. The summed E-state index contributed by atoms with van der Waals surface area (Å²) in [4.78, 5) is 16.8. The molecule has 1 amide bonds. The second-order valence-electron chi connectivity index (χ2n) is 6.75. The Hall–Kier alpha value is -2.38. The van der Waals surface area contributed by atoms with E-state index < -0.39 is 6.04 Å². The minimum absolute atomic E-state index is 0. The summed E-state index contributed by atoms with van der Waals surface area (Å²) in [6, 6.07) is 17.4. The predicted octanol–water partition coefficient (Wildman–Crippen LogP) is 3.11. The number of ether oxygens (including phenoxy) is 1. The summed E-state index contributed by atoms with van der Waals surface area (Å²) in [6.45, 7) is 1.68. The van der Waals surface area contributed by atoms with Gasteiger partial charge in [0.15, 0.2) is 0 Å². The van der Waals surface area contributed by atoms with Gasteiger partial charge in [-0.25, -0.2) is 4.98 Å². The van der Waals surface area contributed by atoms with Crippen molar-refractivity contribution < 1.29 is 9.53 Å². The molecule has 162 valence electrons. The van der Waals surface area contributed by atoms with Gasteiger partial charge in [0.05, 0.1) is 24.7 Å². The van der Waals surface area contributed by atoms with Crippen molar-refractivity contribution in [3.05, 3.63) is 89.5 Å². The molecule has 0 radical (unpaired) electrons. The number of nitrogens with one attached hydrogen (secondary N) is 1. The van der Waals surface area contributed by atoms with Crippen LogP contribution in [0.2, 0.25) is 0 Å². The molecular weight excluding hydrogens is 423 g/mol. The molecule has 0 unspecified atom stereocenters. The summed E-state index contributed by atoms with van der Waals surface area (Å²) in [6.07, 6.45) is 4.11. The van der Waals surface area contributed by atoms with Crippen LogP contribution in [0.15, 0.2) is 67.1 Å². The zero-order valence-corrected chi connectivity index (χ0v) is 18.5. The van der Waals surface area contributed by atoms with Crippen LogP contribution in [-0.2, 0) is 35.6 Å². The molecule has 3 aromatic rings. The minimum Gasteiger partial charge on any atom is -0.380 e. The fourth-order valence-electron chi connectivity index (χ4n) is 3.05. The van der Waals surface area contributed by atoms with Crippen LogP contribution in [0.3, 0.4) is 0 Å². The van der Waals surface area contributed by atoms with Crippen molar-refractivity contribution in [1.82, 2.24) is 14.9 Å². The summed E-state index contributed by atoms with van der Waals surface area (Å²) in [5, 5.41) is 2.91. The molecule has 1 aromatic heterocycles. The van der Waals surface area contributed by atoms with Crippen molar-refractivity contribution in [1.29, 1.82) is 0 Å². The number of imidazole rings is 1. The Morgan fingerprint density at radius 3 is 2.47 bits per heavy atom. The van der Waals surface area contributed by atoms with E-state index in [1.807, 2.05) is 53.2 Å². The maximum atomic E-state index is 12.4. The van der Waals surface area contributed by atoms with Gasteiger partial charge in [-0.05, 0) is 16.7 Å². The average molecular weight is 451 g/mol. The van der Waals surface area contributed by atoms with Crippen LogP contribution in [0.25, 0.3) is 0 Å². The fraction of sp³-hybridized carbons (Fsp3) is 0.273. The highest BCUT2D eigenvalue weighted by Gasteiger charge is 2.16. The number of nitrogens with zero attached hydrogens (tertiary/aromatic N) is 2. The van der Waals surface area contributed by atoms with Gasteiger partial charge in [-0.3, -0.25) is 4.79 Å². The van der Waals surface area contributed by atoms with Gasteiger partial charge in [-0.15, -0.1) is 24.8 Å². The first-order chi connectivity index (χ1) is 13.7. The number of aromatic nitrogens is 2. The summed E-state index contributed by atoms with van der Waals surface area (Å²) in [7, 11) is 1.65. The quantitative estimate of drug-likeness (QED) is 0.524. The third-order valence-corrected chi connectivity index (χ3v) is 4.53. The lowest BCUT2D eigenvalue weighted by Gasteiger charge is -2.13. The fourth-order valence-corrected chi connectivity index (χ4v) is 3.05. The second kappa shape index (κ2) is 13.0. The molecule has 0 bridgehead atoms. The second-order valence-corrected chi connectivity index (χ2v) is 6.75. The molecule has 0 saturated heterocycles. The van der Waals surface area contributed by atoms with Crippen LogP contribution >= 0.6 is 24.8 Å². The molecule has 3 rings (SSSR count). The van der Waals surface area contributed by atoms with Gasteiger partial charge in [0.1, 0.15) is 0 Å². The zero-order valence-electron chi connectivity index (χ0n) is 16.9. The molecule has 6 nitrogen and oxygen atoms in total. The molecule has 2 aromatic carbocycles. The third-order valence-electron chi connectivity index (χ3n) is 4.53. The maximum absolute atomic E-state index is 12.4. The molecule has 1 atom stereocenters. The number of halogens is 2. The Bertz CT molecular complexity index is 903. The summed E-state index contributed by atoms with van der Waals surface area (Å²) < 4.78 is 7.20. The average Bonchev–Trinajstić information content (AvgIpc) is 3.14. The molecule has 0 spiro atoms. The van der Waals surface area contributed by atoms with Crippen molar-refractivity contribution in [2.45, 2.75) is 32.2 Å². The molecule has 0 aliphatic carbocycles. The Kier molecular flexibility index (Phi) is 11.1. The van der Waals surface area contributed by atoms with Crippen LogP contribution in [0, 0.1) is 0 Å². The van der Waals surface area contributed by atoms with E-state index >= 15 is 0 Å². The van der Waals surface area contributed by atoms with Crippen LogP contribution < -0.4 is 11.1 Å². The number of nitrogens with two attached hydrogens (primary N) is 1. The van der Waals surface area contributed by atoms with Gasteiger partial charge in [-0.2, -0.15) is 0 Å². The van der Waals surface area contributed by atoms with Gasteiger partial charge >= 0.3 is 0 Å². The van der Waals surface area contributed by atoms with E-state index in [1.165, 1.54) is 5.56 Å². The number of benzene rings is 2. The maximum Gasteiger partial charge on any atom is 0.237 e. The number of carbonyl (C=O) groups is 1. The van der Waals surface area contributed by atoms with Crippen molar-refractivity contribution in [2.75, 3.05) is 7.11 Å². The molecule has 0 aliphatic heterocycles. The molecule has 1 heterocycles. The monoisotopic (exact) mass is 450 g/mol. The number of hydrogen-bond acceptors (Lipinski definition) is 4. The van der Waals surface area contributed by atoms with Crippen LogP contribution in [0.5, 0.6) is 0 Å². The van der Waals surface area contributed by atoms with Gasteiger partial charge in [0.25, 0.3) is 0 Å².